The van der Waals surface area contributed by atoms with Gasteiger partial charge in [0.15, 0.2) is 6.10 Å². The molecular weight excluding hydrogens is 446 g/mol. The average Bonchev–Trinajstić information content (AvgIpc) is 3.12. The molecule has 4 amide bonds. The number of hydrogen-bond acceptors (Lipinski definition) is 5. The number of fused-ring (bicyclic) bond motifs is 2. The molecule has 1 atom stereocenters. The van der Waals surface area contributed by atoms with Crippen molar-refractivity contribution >= 4 is 35.0 Å². The smallest absolute Gasteiger partial charge is 0.266 e. The first-order chi connectivity index (χ1) is 16.8. The summed E-state index contributed by atoms with van der Waals surface area (Å²) >= 11 is 0. The molecule has 0 saturated heterocycles. The maximum absolute atomic E-state index is 13.6. The van der Waals surface area contributed by atoms with Crippen LogP contribution in [0.25, 0.3) is 0 Å². The highest BCUT2D eigenvalue weighted by Gasteiger charge is 2.39. The number of anilines is 2. The Bertz CT molecular complexity index is 1410. The van der Waals surface area contributed by atoms with Gasteiger partial charge >= 0.3 is 0 Å². The van der Waals surface area contributed by atoms with Crippen LogP contribution in [-0.2, 0) is 4.79 Å². The number of imide groups is 1. The van der Waals surface area contributed by atoms with E-state index < -0.39 is 23.8 Å². The highest BCUT2D eigenvalue weighted by molar-refractivity contribution is 6.35. The minimum Gasteiger partial charge on any atom is -0.477 e. The van der Waals surface area contributed by atoms with Gasteiger partial charge < -0.3 is 15.0 Å². The van der Waals surface area contributed by atoms with Crippen molar-refractivity contribution < 1.29 is 23.9 Å². The van der Waals surface area contributed by atoms with Crippen molar-refractivity contribution in [1.29, 1.82) is 0 Å². The summed E-state index contributed by atoms with van der Waals surface area (Å²) in [6.07, 6.45) is -0.878. The molecular formula is C27H23N3O5. The van der Waals surface area contributed by atoms with Gasteiger partial charge in [0.25, 0.3) is 23.6 Å². The highest BCUT2D eigenvalue weighted by Crippen LogP contribution is 2.36. The molecule has 0 saturated carbocycles. The van der Waals surface area contributed by atoms with Gasteiger partial charge in [-0.25, -0.2) is 4.90 Å². The monoisotopic (exact) mass is 469 g/mol. The number of rotatable bonds is 3. The van der Waals surface area contributed by atoms with Crippen molar-refractivity contribution in [1.82, 2.24) is 5.32 Å². The number of likely N-dealkylation sites (N-methyl/N-ethyl adjacent to an activating group) is 1. The Hall–Kier alpha value is -4.46. The Balaban J connectivity index is 1.51. The van der Waals surface area contributed by atoms with Gasteiger partial charge in [0.05, 0.1) is 29.0 Å². The Labute approximate surface area is 202 Å². The van der Waals surface area contributed by atoms with Gasteiger partial charge in [-0.2, -0.15) is 0 Å². The third-order valence-corrected chi connectivity index (χ3v) is 6.30. The standard InChI is InChI=1S/C27H23N3O5/c1-15-8-9-16(2)21(12-15)30-26(33)18-11-10-17(13-19(18)27(30)34)25(32)29-14-23(24(31)28-3)35-22-7-5-4-6-20(22)29/h4-13,23H,14H2,1-3H3,(H,28,31). The molecule has 0 bridgehead atoms. The number of ether oxygens (including phenoxy) is 1. The first-order valence-corrected chi connectivity index (χ1v) is 11.2. The number of hydrogen-bond donors (Lipinski definition) is 1. The SMILES string of the molecule is CNC(=O)C1CN(C(=O)c2ccc3c(c2)C(=O)N(c2cc(C)ccc2C)C3=O)c2ccccc2O1. The van der Waals surface area contributed by atoms with E-state index in [-0.39, 0.29) is 29.1 Å². The van der Waals surface area contributed by atoms with E-state index >= 15 is 0 Å². The summed E-state index contributed by atoms with van der Waals surface area (Å²) in [7, 11) is 1.50. The second-order valence-electron chi connectivity index (χ2n) is 8.60. The third kappa shape index (κ3) is 3.63. The van der Waals surface area contributed by atoms with Crippen LogP contribution in [0.15, 0.2) is 60.7 Å². The van der Waals surface area contributed by atoms with E-state index in [1.54, 1.807) is 30.3 Å². The number of amides is 4. The van der Waals surface area contributed by atoms with E-state index in [0.29, 0.717) is 17.1 Å². The van der Waals surface area contributed by atoms with Crippen molar-refractivity contribution in [2.45, 2.75) is 20.0 Å². The number of para-hydroxylation sites is 2. The normalized spacial score (nSPS) is 16.5. The van der Waals surface area contributed by atoms with Crippen LogP contribution in [0.5, 0.6) is 5.75 Å². The maximum Gasteiger partial charge on any atom is 0.266 e. The van der Waals surface area contributed by atoms with Crippen LogP contribution in [0.2, 0.25) is 0 Å². The van der Waals surface area contributed by atoms with Crippen molar-refractivity contribution in [2.75, 3.05) is 23.4 Å². The molecule has 176 valence electrons. The Kier molecular flexibility index (Phi) is 5.36. The maximum atomic E-state index is 13.6. The molecule has 5 rings (SSSR count). The number of nitrogens with one attached hydrogen (secondary N) is 1. The number of aryl methyl sites for hydroxylation is 2. The van der Waals surface area contributed by atoms with Crippen LogP contribution in [0, 0.1) is 13.8 Å². The lowest BCUT2D eigenvalue weighted by Gasteiger charge is -2.34. The van der Waals surface area contributed by atoms with Crippen molar-refractivity contribution in [2.24, 2.45) is 0 Å². The predicted molar refractivity (Wildman–Crippen MR) is 130 cm³/mol. The molecule has 0 aliphatic carbocycles. The third-order valence-electron chi connectivity index (χ3n) is 6.30. The van der Waals surface area contributed by atoms with E-state index in [1.165, 1.54) is 30.1 Å². The van der Waals surface area contributed by atoms with Crippen LogP contribution >= 0.6 is 0 Å². The molecule has 0 fully saturated rings. The molecule has 8 heteroatoms. The minimum atomic E-state index is -0.878. The van der Waals surface area contributed by atoms with Gasteiger partial charge in [-0.1, -0.05) is 24.3 Å². The molecule has 3 aromatic carbocycles. The number of nitrogens with zero attached hydrogens (tertiary/aromatic N) is 2. The van der Waals surface area contributed by atoms with Gasteiger partial charge in [0.2, 0.25) is 0 Å². The Morgan fingerprint density at radius 3 is 2.43 bits per heavy atom. The lowest BCUT2D eigenvalue weighted by atomic mass is 10.0. The molecule has 2 aliphatic rings. The van der Waals surface area contributed by atoms with Gasteiger partial charge in [0, 0.05) is 12.6 Å². The van der Waals surface area contributed by atoms with E-state index in [1.807, 2.05) is 26.0 Å². The zero-order chi connectivity index (χ0) is 24.9. The second-order valence-corrected chi connectivity index (χ2v) is 8.60. The highest BCUT2D eigenvalue weighted by atomic mass is 16.5. The number of carbonyl (C=O) groups excluding carboxylic acids is 4. The van der Waals surface area contributed by atoms with E-state index in [4.69, 9.17) is 4.74 Å². The quantitative estimate of drug-likeness (QED) is 0.594. The van der Waals surface area contributed by atoms with Gasteiger partial charge in [-0.05, 0) is 61.4 Å². The van der Waals surface area contributed by atoms with Crippen LogP contribution < -0.4 is 19.9 Å². The fourth-order valence-electron chi connectivity index (χ4n) is 4.43. The average molecular weight is 469 g/mol. The fraction of sp³-hybridized carbons (Fsp3) is 0.185. The van der Waals surface area contributed by atoms with E-state index in [0.717, 1.165) is 16.0 Å². The number of benzene rings is 3. The molecule has 2 heterocycles. The molecule has 8 nitrogen and oxygen atoms in total. The van der Waals surface area contributed by atoms with Crippen molar-refractivity contribution in [3.05, 3.63) is 88.5 Å². The molecule has 2 aliphatic heterocycles. The van der Waals surface area contributed by atoms with E-state index in [9.17, 15) is 19.2 Å². The molecule has 1 unspecified atom stereocenters. The van der Waals surface area contributed by atoms with Gasteiger partial charge in [0.1, 0.15) is 5.75 Å². The largest absolute Gasteiger partial charge is 0.477 e. The topological polar surface area (TPSA) is 96.0 Å². The molecule has 0 radical (unpaired) electrons. The van der Waals surface area contributed by atoms with Crippen molar-refractivity contribution in [3.63, 3.8) is 0 Å². The Morgan fingerprint density at radius 1 is 0.914 bits per heavy atom. The second kappa shape index (κ2) is 8.39. The predicted octanol–water partition coefficient (Wildman–Crippen LogP) is 3.26. The van der Waals surface area contributed by atoms with Crippen LogP contribution in [0.3, 0.4) is 0 Å². The Morgan fingerprint density at radius 2 is 1.66 bits per heavy atom. The first-order valence-electron chi connectivity index (χ1n) is 11.2. The summed E-state index contributed by atoms with van der Waals surface area (Å²) in [5.74, 6) is -1.23. The molecule has 3 aromatic rings. The summed E-state index contributed by atoms with van der Waals surface area (Å²) in [6, 6.07) is 17.0. The molecule has 35 heavy (non-hydrogen) atoms. The van der Waals surface area contributed by atoms with Gasteiger partial charge in [-0.15, -0.1) is 0 Å². The summed E-state index contributed by atoms with van der Waals surface area (Å²) in [5.41, 5.74) is 3.43. The van der Waals surface area contributed by atoms with Crippen LogP contribution in [0.4, 0.5) is 11.4 Å². The zero-order valence-corrected chi connectivity index (χ0v) is 19.5. The summed E-state index contributed by atoms with van der Waals surface area (Å²) in [6.45, 7) is 3.74. The molecule has 0 aromatic heterocycles. The summed E-state index contributed by atoms with van der Waals surface area (Å²) in [4.78, 5) is 54.9. The van der Waals surface area contributed by atoms with Gasteiger partial charge in [-0.3, -0.25) is 19.2 Å². The lowest BCUT2D eigenvalue weighted by Crippen LogP contribution is -2.50. The molecule has 1 N–H and O–H groups in total. The van der Waals surface area contributed by atoms with E-state index in [2.05, 4.69) is 5.32 Å². The van der Waals surface area contributed by atoms with Crippen LogP contribution in [0.1, 0.15) is 42.2 Å². The lowest BCUT2D eigenvalue weighted by molar-refractivity contribution is -0.127. The fourth-order valence-corrected chi connectivity index (χ4v) is 4.43. The van der Waals surface area contributed by atoms with Crippen LogP contribution in [-0.4, -0.2) is 43.3 Å². The molecule has 0 spiro atoms. The minimum absolute atomic E-state index is 0.00803. The number of carbonyl (C=O) groups is 4. The first kappa shape index (κ1) is 22.3. The zero-order valence-electron chi connectivity index (χ0n) is 19.5. The van der Waals surface area contributed by atoms with Crippen molar-refractivity contribution in [3.8, 4) is 5.75 Å². The summed E-state index contributed by atoms with van der Waals surface area (Å²) in [5, 5.41) is 2.55. The summed E-state index contributed by atoms with van der Waals surface area (Å²) < 4.78 is 5.78.